The lowest BCUT2D eigenvalue weighted by molar-refractivity contribution is 0.825. The zero-order chi connectivity index (χ0) is 12.7. The number of anilines is 1. The lowest BCUT2D eigenvalue weighted by atomic mass is 10.2. The number of nitrogens with zero attached hydrogens (tertiary/aromatic N) is 2. The van der Waals surface area contributed by atoms with E-state index in [2.05, 4.69) is 40.3 Å². The Morgan fingerprint density at radius 1 is 1.41 bits per heavy atom. The smallest absolute Gasteiger partial charge is 0.188 e. The van der Waals surface area contributed by atoms with Crippen LogP contribution in [-0.4, -0.2) is 26.6 Å². The van der Waals surface area contributed by atoms with E-state index in [9.17, 15) is 0 Å². The standard InChI is InChI=1S/C13H22N4/c1-4-8-15-13(14)16-10-11-6-5-7-12(9-11)17(2)3/h5-7,9H,4,8,10H2,1-3H3,(H3,14,15,16). The highest BCUT2D eigenvalue weighted by atomic mass is 15.1. The Kier molecular flexibility index (Phi) is 5.33. The predicted molar refractivity (Wildman–Crippen MR) is 74.4 cm³/mol. The lowest BCUT2D eigenvalue weighted by Crippen LogP contribution is -2.32. The van der Waals surface area contributed by atoms with Crippen molar-refractivity contribution in [1.82, 2.24) is 5.32 Å². The molecule has 0 atom stereocenters. The van der Waals surface area contributed by atoms with Gasteiger partial charge in [-0.3, -0.25) is 0 Å². The first-order valence-corrected chi connectivity index (χ1v) is 5.93. The molecule has 0 unspecified atom stereocenters. The van der Waals surface area contributed by atoms with Crippen LogP contribution >= 0.6 is 0 Å². The molecular formula is C13H22N4. The molecule has 0 aliphatic heterocycles. The Morgan fingerprint density at radius 3 is 2.82 bits per heavy atom. The Hall–Kier alpha value is -1.71. The van der Waals surface area contributed by atoms with Gasteiger partial charge in [-0.1, -0.05) is 19.1 Å². The van der Waals surface area contributed by atoms with Crippen molar-refractivity contribution in [3.8, 4) is 0 Å². The second kappa shape index (κ2) is 6.78. The van der Waals surface area contributed by atoms with E-state index >= 15 is 0 Å². The summed E-state index contributed by atoms with van der Waals surface area (Å²) in [6.45, 7) is 3.58. The number of hydrogen-bond acceptors (Lipinski definition) is 2. The molecule has 0 aliphatic rings. The summed E-state index contributed by atoms with van der Waals surface area (Å²) in [5.41, 5.74) is 8.08. The predicted octanol–water partition coefficient (Wildman–Crippen LogP) is 1.57. The molecule has 1 aromatic rings. The number of nitrogens with one attached hydrogen (secondary N) is 1. The minimum absolute atomic E-state index is 0.516. The third-order valence-corrected chi connectivity index (χ3v) is 2.42. The summed E-state index contributed by atoms with van der Waals surface area (Å²) in [4.78, 5) is 6.37. The second-order valence-corrected chi connectivity index (χ2v) is 4.19. The monoisotopic (exact) mass is 234 g/mol. The minimum atomic E-state index is 0.516. The van der Waals surface area contributed by atoms with Crippen molar-refractivity contribution < 1.29 is 0 Å². The van der Waals surface area contributed by atoms with Crippen LogP contribution in [0, 0.1) is 0 Å². The van der Waals surface area contributed by atoms with Gasteiger partial charge in [0.2, 0.25) is 0 Å². The van der Waals surface area contributed by atoms with E-state index in [1.165, 1.54) is 5.69 Å². The van der Waals surface area contributed by atoms with Crippen molar-refractivity contribution in [3.05, 3.63) is 29.8 Å². The fourth-order valence-corrected chi connectivity index (χ4v) is 1.42. The normalized spacial score (nSPS) is 11.4. The van der Waals surface area contributed by atoms with E-state index in [1.807, 2.05) is 20.2 Å². The topological polar surface area (TPSA) is 53.6 Å². The van der Waals surface area contributed by atoms with Crippen LogP contribution in [0.15, 0.2) is 29.3 Å². The quantitative estimate of drug-likeness (QED) is 0.600. The molecule has 0 aliphatic carbocycles. The maximum absolute atomic E-state index is 5.73. The third kappa shape index (κ3) is 4.76. The summed E-state index contributed by atoms with van der Waals surface area (Å²) < 4.78 is 0. The summed E-state index contributed by atoms with van der Waals surface area (Å²) in [5.74, 6) is 0.516. The zero-order valence-electron chi connectivity index (χ0n) is 10.9. The summed E-state index contributed by atoms with van der Waals surface area (Å²) >= 11 is 0. The van der Waals surface area contributed by atoms with Crippen molar-refractivity contribution in [2.75, 3.05) is 25.5 Å². The van der Waals surface area contributed by atoms with Gasteiger partial charge in [0.25, 0.3) is 0 Å². The highest BCUT2D eigenvalue weighted by molar-refractivity contribution is 5.77. The molecule has 0 heterocycles. The number of hydrogen-bond donors (Lipinski definition) is 2. The molecule has 0 saturated carbocycles. The number of nitrogens with two attached hydrogens (primary N) is 1. The van der Waals surface area contributed by atoms with E-state index in [0.717, 1.165) is 18.5 Å². The van der Waals surface area contributed by atoms with Gasteiger partial charge in [-0.05, 0) is 24.1 Å². The highest BCUT2D eigenvalue weighted by Crippen LogP contribution is 2.13. The number of guanidine groups is 1. The van der Waals surface area contributed by atoms with Crippen LogP contribution in [0.4, 0.5) is 5.69 Å². The molecule has 0 amide bonds. The van der Waals surface area contributed by atoms with Gasteiger partial charge >= 0.3 is 0 Å². The minimum Gasteiger partial charge on any atom is -0.378 e. The molecule has 1 rings (SSSR count). The molecule has 0 saturated heterocycles. The molecule has 0 bridgehead atoms. The fraction of sp³-hybridized carbons (Fsp3) is 0.462. The van der Waals surface area contributed by atoms with Gasteiger partial charge in [-0.2, -0.15) is 0 Å². The first kappa shape index (κ1) is 13.4. The number of rotatable bonds is 5. The Morgan fingerprint density at radius 2 is 2.18 bits per heavy atom. The van der Waals surface area contributed by atoms with Gasteiger partial charge in [-0.15, -0.1) is 0 Å². The van der Waals surface area contributed by atoms with Crippen LogP contribution in [0.2, 0.25) is 0 Å². The van der Waals surface area contributed by atoms with Crippen LogP contribution in [0.5, 0.6) is 0 Å². The molecule has 4 heteroatoms. The van der Waals surface area contributed by atoms with Crippen molar-refractivity contribution >= 4 is 11.6 Å². The molecule has 0 radical (unpaired) electrons. The van der Waals surface area contributed by atoms with E-state index in [0.29, 0.717) is 12.5 Å². The van der Waals surface area contributed by atoms with E-state index in [4.69, 9.17) is 5.73 Å². The van der Waals surface area contributed by atoms with Gasteiger partial charge in [-0.25, -0.2) is 4.99 Å². The Labute approximate surface area is 104 Å². The van der Waals surface area contributed by atoms with Gasteiger partial charge in [0, 0.05) is 26.3 Å². The number of benzene rings is 1. The molecule has 17 heavy (non-hydrogen) atoms. The van der Waals surface area contributed by atoms with Crippen LogP contribution in [0.25, 0.3) is 0 Å². The molecule has 4 nitrogen and oxygen atoms in total. The van der Waals surface area contributed by atoms with E-state index in [-0.39, 0.29) is 0 Å². The van der Waals surface area contributed by atoms with Gasteiger partial charge in [0.1, 0.15) is 0 Å². The number of aliphatic imine (C=N–C) groups is 1. The maximum atomic E-state index is 5.73. The SMILES string of the molecule is CCCNC(N)=NCc1cccc(N(C)C)c1. The van der Waals surface area contributed by atoms with Crippen molar-refractivity contribution in [3.63, 3.8) is 0 Å². The van der Waals surface area contributed by atoms with Gasteiger partial charge < -0.3 is 16.0 Å². The Bertz CT molecular complexity index is 371. The highest BCUT2D eigenvalue weighted by Gasteiger charge is 1.97. The van der Waals surface area contributed by atoms with Crippen molar-refractivity contribution in [2.24, 2.45) is 10.7 Å². The first-order valence-electron chi connectivity index (χ1n) is 5.93. The van der Waals surface area contributed by atoms with Crippen LogP contribution in [0.1, 0.15) is 18.9 Å². The molecule has 3 N–H and O–H groups in total. The molecular weight excluding hydrogens is 212 g/mol. The van der Waals surface area contributed by atoms with Gasteiger partial charge in [0.05, 0.1) is 6.54 Å². The molecule has 1 aromatic carbocycles. The average Bonchev–Trinajstić information content (AvgIpc) is 2.34. The summed E-state index contributed by atoms with van der Waals surface area (Å²) in [6.07, 6.45) is 1.05. The van der Waals surface area contributed by atoms with Crippen molar-refractivity contribution in [2.45, 2.75) is 19.9 Å². The maximum Gasteiger partial charge on any atom is 0.188 e. The van der Waals surface area contributed by atoms with E-state index < -0.39 is 0 Å². The second-order valence-electron chi connectivity index (χ2n) is 4.19. The van der Waals surface area contributed by atoms with Crippen LogP contribution < -0.4 is 16.0 Å². The molecule has 94 valence electrons. The largest absolute Gasteiger partial charge is 0.378 e. The fourth-order valence-electron chi connectivity index (χ4n) is 1.42. The summed E-state index contributed by atoms with van der Waals surface area (Å²) in [6, 6.07) is 8.29. The van der Waals surface area contributed by atoms with Crippen LogP contribution in [-0.2, 0) is 6.54 Å². The summed E-state index contributed by atoms with van der Waals surface area (Å²) in [5, 5.41) is 3.06. The molecule has 0 spiro atoms. The van der Waals surface area contributed by atoms with E-state index in [1.54, 1.807) is 0 Å². The Balaban J connectivity index is 2.59. The van der Waals surface area contributed by atoms with Crippen LogP contribution in [0.3, 0.4) is 0 Å². The molecule has 0 fully saturated rings. The third-order valence-electron chi connectivity index (χ3n) is 2.42. The lowest BCUT2D eigenvalue weighted by Gasteiger charge is -2.13. The first-order chi connectivity index (χ1) is 8.13. The zero-order valence-corrected chi connectivity index (χ0v) is 10.9. The molecule has 0 aromatic heterocycles. The average molecular weight is 234 g/mol. The van der Waals surface area contributed by atoms with Crippen molar-refractivity contribution in [1.29, 1.82) is 0 Å². The van der Waals surface area contributed by atoms with Gasteiger partial charge in [0.15, 0.2) is 5.96 Å². The summed E-state index contributed by atoms with van der Waals surface area (Å²) in [7, 11) is 4.05.